The maximum Gasteiger partial charge on any atom is 0.321 e. The Hall–Kier alpha value is -0.810. The van der Waals surface area contributed by atoms with Crippen LogP contribution in [-0.2, 0) is 15.7 Å². The molecule has 1 aromatic carbocycles. The van der Waals surface area contributed by atoms with Gasteiger partial charge in [-0.1, -0.05) is 6.07 Å². The maximum atomic E-state index is 12.9. The van der Waals surface area contributed by atoms with Gasteiger partial charge in [0.2, 0.25) is 0 Å². The molecule has 0 aliphatic carbocycles. The van der Waals surface area contributed by atoms with Gasteiger partial charge in [-0.3, -0.25) is 4.31 Å². The van der Waals surface area contributed by atoms with E-state index in [4.69, 9.17) is 10.7 Å². The van der Waals surface area contributed by atoms with Crippen molar-refractivity contribution in [3.8, 4) is 0 Å². The predicted octanol–water partition coefficient (Wildman–Crippen LogP) is 1.67. The summed E-state index contributed by atoms with van der Waals surface area (Å²) in [5.74, 6) is -0.462. The van der Waals surface area contributed by atoms with E-state index in [1.807, 2.05) is 0 Å². The summed E-state index contributed by atoms with van der Waals surface area (Å²) < 4.78 is 36.0. The van der Waals surface area contributed by atoms with Crippen molar-refractivity contribution in [2.75, 3.05) is 10.8 Å². The summed E-state index contributed by atoms with van der Waals surface area (Å²) in [6.45, 7) is 0.282. The lowest BCUT2D eigenvalue weighted by Crippen LogP contribution is -2.24. The second-order valence-corrected chi connectivity index (χ2v) is 5.47. The lowest BCUT2D eigenvalue weighted by Gasteiger charge is -2.13. The molecule has 0 spiro atoms. The van der Waals surface area contributed by atoms with Gasteiger partial charge in [0, 0.05) is 17.2 Å². The zero-order valence-corrected chi connectivity index (χ0v) is 8.65. The molecule has 1 heterocycles. The zero-order valence-electron chi connectivity index (χ0n) is 7.07. The molecule has 0 bridgehead atoms. The first-order valence-corrected chi connectivity index (χ1v) is 6.26. The predicted molar refractivity (Wildman–Crippen MR) is 52.2 cm³/mol. The molecule has 1 aromatic rings. The molecule has 6 heteroatoms. The van der Waals surface area contributed by atoms with Crippen LogP contribution in [-0.4, -0.2) is 15.0 Å². The van der Waals surface area contributed by atoms with Crippen molar-refractivity contribution in [2.45, 2.75) is 6.42 Å². The van der Waals surface area contributed by atoms with Crippen molar-refractivity contribution < 1.29 is 12.8 Å². The molecule has 3 nitrogen and oxygen atoms in total. The summed E-state index contributed by atoms with van der Waals surface area (Å²) in [5, 5.41) is 0. The van der Waals surface area contributed by atoms with Gasteiger partial charge in [-0.2, -0.15) is 8.42 Å². The van der Waals surface area contributed by atoms with Gasteiger partial charge in [0.1, 0.15) is 5.82 Å². The van der Waals surface area contributed by atoms with E-state index in [0.29, 0.717) is 12.1 Å². The first-order valence-electron chi connectivity index (χ1n) is 3.99. The van der Waals surface area contributed by atoms with Crippen LogP contribution in [0.25, 0.3) is 0 Å². The van der Waals surface area contributed by atoms with Crippen molar-refractivity contribution in [1.82, 2.24) is 0 Å². The molecule has 0 saturated heterocycles. The number of hydrogen-bond acceptors (Lipinski definition) is 2. The van der Waals surface area contributed by atoms with Crippen LogP contribution in [0.15, 0.2) is 18.2 Å². The van der Waals surface area contributed by atoms with Crippen molar-refractivity contribution in [3.05, 3.63) is 29.6 Å². The van der Waals surface area contributed by atoms with Crippen LogP contribution in [0.4, 0.5) is 10.1 Å². The molecule has 14 heavy (non-hydrogen) atoms. The van der Waals surface area contributed by atoms with E-state index in [9.17, 15) is 12.8 Å². The molecule has 0 radical (unpaired) electrons. The molecule has 0 aromatic heterocycles. The molecular formula is C8H7ClFNO2S. The Morgan fingerprint density at radius 2 is 2.14 bits per heavy atom. The molecule has 1 aliphatic rings. The van der Waals surface area contributed by atoms with Crippen LogP contribution in [0, 0.1) is 5.82 Å². The topological polar surface area (TPSA) is 37.4 Å². The van der Waals surface area contributed by atoms with E-state index in [2.05, 4.69) is 0 Å². The zero-order chi connectivity index (χ0) is 10.3. The van der Waals surface area contributed by atoms with Crippen molar-refractivity contribution in [3.63, 3.8) is 0 Å². The Kier molecular flexibility index (Phi) is 2.16. The minimum absolute atomic E-state index is 0.282. The normalized spacial score (nSPS) is 15.7. The number of anilines is 1. The minimum Gasteiger partial charge on any atom is -0.257 e. The smallest absolute Gasteiger partial charge is 0.257 e. The highest BCUT2D eigenvalue weighted by molar-refractivity contribution is 8.14. The number of nitrogens with zero attached hydrogens (tertiary/aromatic N) is 1. The van der Waals surface area contributed by atoms with E-state index >= 15 is 0 Å². The Bertz CT molecular complexity index is 474. The lowest BCUT2D eigenvalue weighted by molar-refractivity contribution is 0.606. The van der Waals surface area contributed by atoms with Gasteiger partial charge in [-0.15, -0.1) is 0 Å². The molecule has 1 aliphatic heterocycles. The summed E-state index contributed by atoms with van der Waals surface area (Å²) in [7, 11) is 1.40. The number of hydrogen-bond donors (Lipinski definition) is 0. The largest absolute Gasteiger partial charge is 0.321 e. The quantitative estimate of drug-likeness (QED) is 0.695. The highest BCUT2D eigenvalue weighted by atomic mass is 35.7. The first-order chi connectivity index (χ1) is 6.48. The average molecular weight is 236 g/mol. The van der Waals surface area contributed by atoms with Crippen molar-refractivity contribution in [1.29, 1.82) is 0 Å². The lowest BCUT2D eigenvalue weighted by atomic mass is 10.2. The van der Waals surface area contributed by atoms with Gasteiger partial charge < -0.3 is 0 Å². The van der Waals surface area contributed by atoms with Crippen molar-refractivity contribution >= 4 is 25.6 Å². The summed E-state index contributed by atoms with van der Waals surface area (Å²) in [4.78, 5) is 0. The minimum atomic E-state index is -3.79. The summed E-state index contributed by atoms with van der Waals surface area (Å²) in [5.41, 5.74) is 1.15. The van der Waals surface area contributed by atoms with Gasteiger partial charge >= 0.3 is 9.24 Å². The van der Waals surface area contributed by atoms with Crippen LogP contribution >= 0.6 is 10.7 Å². The molecular weight excluding hydrogens is 229 g/mol. The molecule has 0 N–H and O–H groups in total. The number of rotatable bonds is 1. The molecule has 76 valence electrons. The summed E-state index contributed by atoms with van der Waals surface area (Å²) in [6, 6.07) is 4.07. The van der Waals surface area contributed by atoms with E-state index in [0.717, 1.165) is 9.87 Å². The van der Waals surface area contributed by atoms with Gasteiger partial charge in [-0.25, -0.2) is 4.39 Å². The molecule has 0 atom stereocenters. The average Bonchev–Trinajstić information content (AvgIpc) is 2.45. The molecule has 2 rings (SSSR count). The highest BCUT2D eigenvalue weighted by Crippen LogP contribution is 2.31. The summed E-state index contributed by atoms with van der Waals surface area (Å²) in [6.07, 6.45) is 0.571. The standard InChI is InChI=1S/C8H7ClFNO2S/c9-14(12,13)11-4-3-6-1-2-7(10)5-8(6)11/h1-2,5H,3-4H2. The Balaban J connectivity index is 2.54. The second kappa shape index (κ2) is 3.10. The van der Waals surface area contributed by atoms with Gasteiger partial charge in [0.25, 0.3) is 0 Å². The number of halogens is 2. The summed E-state index contributed by atoms with van der Waals surface area (Å²) >= 11 is 0. The van der Waals surface area contributed by atoms with Crippen molar-refractivity contribution in [2.24, 2.45) is 0 Å². The van der Waals surface area contributed by atoms with Crippen LogP contribution in [0.1, 0.15) is 5.56 Å². The van der Waals surface area contributed by atoms with Gasteiger partial charge in [0.15, 0.2) is 0 Å². The Morgan fingerprint density at radius 3 is 2.79 bits per heavy atom. The highest BCUT2D eigenvalue weighted by Gasteiger charge is 2.27. The molecule has 0 amide bonds. The number of benzene rings is 1. The van der Waals surface area contributed by atoms with Crippen LogP contribution in [0.2, 0.25) is 0 Å². The number of fused-ring (bicyclic) bond motifs is 1. The first kappa shape index (κ1) is 9.73. The second-order valence-electron chi connectivity index (χ2n) is 3.04. The van der Waals surface area contributed by atoms with E-state index in [1.165, 1.54) is 12.1 Å². The third-order valence-electron chi connectivity index (χ3n) is 2.16. The van der Waals surface area contributed by atoms with Crippen LogP contribution in [0.5, 0.6) is 0 Å². The van der Waals surface area contributed by atoms with E-state index in [-0.39, 0.29) is 6.54 Å². The fraction of sp³-hybridized carbons (Fsp3) is 0.250. The molecule has 0 fully saturated rings. The van der Waals surface area contributed by atoms with E-state index < -0.39 is 15.1 Å². The van der Waals surface area contributed by atoms with Crippen LogP contribution < -0.4 is 4.31 Å². The van der Waals surface area contributed by atoms with Gasteiger partial charge in [-0.05, 0) is 24.1 Å². The monoisotopic (exact) mass is 235 g/mol. The third kappa shape index (κ3) is 1.57. The van der Waals surface area contributed by atoms with Crippen LogP contribution in [0.3, 0.4) is 0 Å². The SMILES string of the molecule is O=S(=O)(Cl)N1CCc2ccc(F)cc21. The maximum absolute atomic E-state index is 12.9. The molecule has 0 saturated carbocycles. The third-order valence-corrected chi connectivity index (χ3v) is 3.57. The Labute approximate surface area is 85.6 Å². The van der Waals surface area contributed by atoms with Gasteiger partial charge in [0.05, 0.1) is 5.69 Å². The fourth-order valence-electron chi connectivity index (χ4n) is 1.55. The Morgan fingerprint density at radius 1 is 1.43 bits per heavy atom. The van der Waals surface area contributed by atoms with E-state index in [1.54, 1.807) is 6.07 Å². The molecule has 0 unspecified atom stereocenters. The fourth-order valence-corrected chi connectivity index (χ4v) is 2.69.